The van der Waals surface area contributed by atoms with Crippen LogP contribution in [-0.4, -0.2) is 6.54 Å². The van der Waals surface area contributed by atoms with E-state index in [1.54, 1.807) is 0 Å². The summed E-state index contributed by atoms with van der Waals surface area (Å²) in [6.07, 6.45) is 2.56. The summed E-state index contributed by atoms with van der Waals surface area (Å²) in [4.78, 5) is 0. The van der Waals surface area contributed by atoms with Gasteiger partial charge in [0.15, 0.2) is 0 Å². The minimum atomic E-state index is 0.228. The van der Waals surface area contributed by atoms with Crippen molar-refractivity contribution >= 4 is 0 Å². The molecule has 1 fully saturated rings. The Hall–Kier alpha value is -0.820. The fourth-order valence-electron chi connectivity index (χ4n) is 2.13. The van der Waals surface area contributed by atoms with Crippen LogP contribution in [0.2, 0.25) is 0 Å². The molecule has 1 unspecified atom stereocenters. The van der Waals surface area contributed by atoms with Gasteiger partial charge in [-0.25, -0.2) is 0 Å². The van der Waals surface area contributed by atoms with Crippen molar-refractivity contribution in [3.8, 4) is 0 Å². The fourth-order valence-corrected chi connectivity index (χ4v) is 2.13. The van der Waals surface area contributed by atoms with Crippen molar-refractivity contribution in [2.75, 3.05) is 6.54 Å². The van der Waals surface area contributed by atoms with Crippen LogP contribution in [0.3, 0.4) is 0 Å². The first-order valence-electron chi connectivity index (χ1n) is 5.03. The molecule has 1 aromatic carbocycles. The molecule has 0 amide bonds. The number of hydrogen-bond donors (Lipinski definition) is 1. The first-order valence-corrected chi connectivity index (χ1v) is 5.03. The minimum Gasteiger partial charge on any atom is -0.308 e. The van der Waals surface area contributed by atoms with Crippen LogP contribution in [-0.2, 0) is 5.54 Å². The van der Waals surface area contributed by atoms with Crippen LogP contribution in [0.25, 0.3) is 0 Å². The van der Waals surface area contributed by atoms with Gasteiger partial charge in [0.25, 0.3) is 0 Å². The third-order valence-corrected chi connectivity index (χ3v) is 3.02. The summed E-state index contributed by atoms with van der Waals surface area (Å²) < 4.78 is 0. The van der Waals surface area contributed by atoms with Crippen LogP contribution in [0.1, 0.15) is 30.9 Å². The average molecular weight is 175 g/mol. The highest BCUT2D eigenvalue weighted by molar-refractivity contribution is 5.29. The van der Waals surface area contributed by atoms with Crippen LogP contribution < -0.4 is 5.32 Å². The lowest BCUT2D eigenvalue weighted by molar-refractivity contribution is 0.434. The third kappa shape index (κ3) is 1.61. The molecule has 2 rings (SSSR count). The smallest absolute Gasteiger partial charge is 0.0406 e. The second-order valence-electron chi connectivity index (χ2n) is 4.23. The number of nitrogens with one attached hydrogen (secondary N) is 1. The molecule has 1 heteroatoms. The van der Waals surface area contributed by atoms with Gasteiger partial charge in [0.1, 0.15) is 0 Å². The van der Waals surface area contributed by atoms with E-state index in [1.165, 1.54) is 24.0 Å². The molecular formula is C12H17N. The lowest BCUT2D eigenvalue weighted by Gasteiger charge is -2.25. The standard InChI is InChI=1S/C12H17N/c1-10-5-3-6-11(9-10)12(2)7-4-8-13-12/h3,5-6,9,13H,4,7-8H2,1-2H3. The molecule has 1 aliphatic heterocycles. The van der Waals surface area contributed by atoms with Gasteiger partial charge in [0.2, 0.25) is 0 Å². The molecule has 1 atom stereocenters. The van der Waals surface area contributed by atoms with Crippen molar-refractivity contribution in [3.05, 3.63) is 35.4 Å². The Balaban J connectivity index is 2.33. The van der Waals surface area contributed by atoms with Gasteiger partial charge < -0.3 is 5.32 Å². The maximum absolute atomic E-state index is 3.58. The molecule has 70 valence electrons. The highest BCUT2D eigenvalue weighted by Gasteiger charge is 2.29. The second-order valence-corrected chi connectivity index (χ2v) is 4.23. The van der Waals surface area contributed by atoms with Crippen LogP contribution >= 0.6 is 0 Å². The van der Waals surface area contributed by atoms with Gasteiger partial charge in [-0.05, 0) is 38.8 Å². The average Bonchev–Trinajstić information content (AvgIpc) is 2.54. The van der Waals surface area contributed by atoms with Crippen molar-refractivity contribution in [1.29, 1.82) is 0 Å². The Kier molecular flexibility index (Phi) is 2.12. The largest absolute Gasteiger partial charge is 0.308 e. The fraction of sp³-hybridized carbons (Fsp3) is 0.500. The summed E-state index contributed by atoms with van der Waals surface area (Å²) in [7, 11) is 0. The molecule has 1 aliphatic rings. The molecular weight excluding hydrogens is 158 g/mol. The molecule has 0 bridgehead atoms. The minimum absolute atomic E-state index is 0.228. The van der Waals surface area contributed by atoms with E-state index in [-0.39, 0.29) is 5.54 Å². The topological polar surface area (TPSA) is 12.0 Å². The predicted molar refractivity (Wildman–Crippen MR) is 55.8 cm³/mol. The first-order chi connectivity index (χ1) is 6.21. The zero-order valence-corrected chi connectivity index (χ0v) is 8.43. The summed E-state index contributed by atoms with van der Waals surface area (Å²) in [5.74, 6) is 0. The first kappa shape index (κ1) is 8.76. The van der Waals surface area contributed by atoms with Gasteiger partial charge in [0.05, 0.1) is 0 Å². The maximum Gasteiger partial charge on any atom is 0.0406 e. The van der Waals surface area contributed by atoms with Crippen molar-refractivity contribution in [1.82, 2.24) is 5.32 Å². The Morgan fingerprint density at radius 3 is 2.85 bits per heavy atom. The molecule has 1 N–H and O–H groups in total. The molecule has 0 aromatic heterocycles. The van der Waals surface area contributed by atoms with Gasteiger partial charge in [-0.2, -0.15) is 0 Å². The molecule has 1 nitrogen and oxygen atoms in total. The lowest BCUT2D eigenvalue weighted by atomic mass is 9.90. The molecule has 0 spiro atoms. The number of benzene rings is 1. The normalized spacial score (nSPS) is 27.8. The summed E-state index contributed by atoms with van der Waals surface area (Å²) in [5, 5.41) is 3.58. The summed E-state index contributed by atoms with van der Waals surface area (Å²) in [6, 6.07) is 8.82. The quantitative estimate of drug-likeness (QED) is 0.691. The number of aryl methyl sites for hydroxylation is 1. The zero-order valence-electron chi connectivity index (χ0n) is 8.43. The van der Waals surface area contributed by atoms with E-state index in [0.717, 1.165) is 6.54 Å². The molecule has 1 heterocycles. The maximum atomic E-state index is 3.58. The van der Waals surface area contributed by atoms with Crippen molar-refractivity contribution in [2.24, 2.45) is 0 Å². The van der Waals surface area contributed by atoms with Crippen LogP contribution in [0.5, 0.6) is 0 Å². The predicted octanol–water partition coefficient (Wildman–Crippen LogP) is 2.59. The molecule has 0 saturated carbocycles. The van der Waals surface area contributed by atoms with Crippen molar-refractivity contribution in [3.63, 3.8) is 0 Å². The van der Waals surface area contributed by atoms with Gasteiger partial charge in [-0.1, -0.05) is 29.8 Å². The van der Waals surface area contributed by atoms with Gasteiger partial charge in [-0.3, -0.25) is 0 Å². The van der Waals surface area contributed by atoms with Crippen LogP contribution in [0.4, 0.5) is 0 Å². The summed E-state index contributed by atoms with van der Waals surface area (Å²) in [6.45, 7) is 5.61. The van der Waals surface area contributed by atoms with Crippen molar-refractivity contribution in [2.45, 2.75) is 32.2 Å². The Morgan fingerprint density at radius 2 is 2.23 bits per heavy atom. The SMILES string of the molecule is Cc1cccc(C2(C)CCCN2)c1. The number of rotatable bonds is 1. The van der Waals surface area contributed by atoms with Crippen molar-refractivity contribution < 1.29 is 0 Å². The molecule has 0 aliphatic carbocycles. The van der Waals surface area contributed by atoms with E-state index < -0.39 is 0 Å². The third-order valence-electron chi connectivity index (χ3n) is 3.02. The highest BCUT2D eigenvalue weighted by atomic mass is 15.0. The van der Waals surface area contributed by atoms with E-state index in [2.05, 4.69) is 43.4 Å². The van der Waals surface area contributed by atoms with Gasteiger partial charge in [-0.15, -0.1) is 0 Å². The van der Waals surface area contributed by atoms with E-state index in [0.29, 0.717) is 0 Å². The monoisotopic (exact) mass is 175 g/mol. The van der Waals surface area contributed by atoms with Crippen LogP contribution in [0, 0.1) is 6.92 Å². The van der Waals surface area contributed by atoms with Gasteiger partial charge >= 0.3 is 0 Å². The Labute approximate surface area is 80.2 Å². The van der Waals surface area contributed by atoms with E-state index in [1.807, 2.05) is 0 Å². The second kappa shape index (κ2) is 3.15. The van der Waals surface area contributed by atoms with E-state index >= 15 is 0 Å². The Morgan fingerprint density at radius 1 is 1.38 bits per heavy atom. The molecule has 1 saturated heterocycles. The molecule has 13 heavy (non-hydrogen) atoms. The molecule has 1 aromatic rings. The van der Waals surface area contributed by atoms with E-state index in [4.69, 9.17) is 0 Å². The van der Waals surface area contributed by atoms with Crippen LogP contribution in [0.15, 0.2) is 24.3 Å². The molecule has 0 radical (unpaired) electrons. The summed E-state index contributed by atoms with van der Waals surface area (Å²) >= 11 is 0. The highest BCUT2D eigenvalue weighted by Crippen LogP contribution is 2.30. The zero-order chi connectivity index (χ0) is 9.31. The number of hydrogen-bond acceptors (Lipinski definition) is 1. The van der Waals surface area contributed by atoms with E-state index in [9.17, 15) is 0 Å². The lowest BCUT2D eigenvalue weighted by Crippen LogP contribution is -2.33. The summed E-state index contributed by atoms with van der Waals surface area (Å²) in [5.41, 5.74) is 3.02. The van der Waals surface area contributed by atoms with Gasteiger partial charge in [0, 0.05) is 5.54 Å². The Bertz CT molecular complexity index is 298.